The summed E-state index contributed by atoms with van der Waals surface area (Å²) in [6, 6.07) is 1.84. The van der Waals surface area contributed by atoms with E-state index in [1.54, 1.807) is 23.7 Å². The Kier molecular flexibility index (Phi) is 5.58. The molecule has 0 spiro atoms. The summed E-state index contributed by atoms with van der Waals surface area (Å²) in [5.41, 5.74) is 0. The fourth-order valence-corrected chi connectivity index (χ4v) is 3.49. The number of piperazine rings is 1. The highest BCUT2D eigenvalue weighted by atomic mass is 32.1. The molecule has 1 aliphatic rings. The van der Waals surface area contributed by atoms with Crippen molar-refractivity contribution in [2.24, 2.45) is 4.99 Å². The lowest BCUT2D eigenvalue weighted by Gasteiger charge is -2.36. The Morgan fingerprint density at radius 1 is 1.21 bits per heavy atom. The van der Waals surface area contributed by atoms with Gasteiger partial charge in [0.15, 0.2) is 5.96 Å². The maximum atomic E-state index is 4.41. The molecule has 8 heteroatoms. The van der Waals surface area contributed by atoms with Crippen molar-refractivity contribution >= 4 is 23.2 Å². The summed E-state index contributed by atoms with van der Waals surface area (Å²) in [6.45, 7) is 6.56. The van der Waals surface area contributed by atoms with Gasteiger partial charge in [-0.1, -0.05) is 0 Å². The van der Waals surface area contributed by atoms with Gasteiger partial charge >= 0.3 is 0 Å². The van der Waals surface area contributed by atoms with E-state index in [0.717, 1.165) is 51.1 Å². The normalized spacial score (nSPS) is 15.7. The van der Waals surface area contributed by atoms with Crippen LogP contribution in [0, 0.1) is 6.92 Å². The van der Waals surface area contributed by atoms with E-state index in [9.17, 15) is 0 Å². The Morgan fingerprint density at radius 3 is 2.58 bits per heavy atom. The largest absolute Gasteiger partial charge is 0.356 e. The van der Waals surface area contributed by atoms with Gasteiger partial charge in [-0.3, -0.25) is 4.99 Å². The van der Waals surface area contributed by atoms with Crippen LogP contribution in [0.2, 0.25) is 0 Å². The number of aryl methyl sites for hydroxylation is 1. The van der Waals surface area contributed by atoms with E-state index in [4.69, 9.17) is 0 Å². The number of thiazole rings is 1. The summed E-state index contributed by atoms with van der Waals surface area (Å²) in [6.07, 6.45) is 6.43. The molecule has 7 nitrogen and oxygen atoms in total. The second kappa shape index (κ2) is 8.05. The number of nitrogens with zero attached hydrogens (tertiary/aromatic N) is 6. The van der Waals surface area contributed by atoms with Crippen LogP contribution in [0.15, 0.2) is 29.6 Å². The van der Waals surface area contributed by atoms with Crippen molar-refractivity contribution < 1.29 is 0 Å². The van der Waals surface area contributed by atoms with Crippen LogP contribution in [0.5, 0.6) is 0 Å². The van der Waals surface area contributed by atoms with Crippen LogP contribution in [0.25, 0.3) is 0 Å². The molecule has 0 saturated carbocycles. The van der Waals surface area contributed by atoms with E-state index >= 15 is 0 Å². The van der Waals surface area contributed by atoms with Gasteiger partial charge in [0.2, 0.25) is 5.95 Å². The van der Waals surface area contributed by atoms with E-state index in [-0.39, 0.29) is 0 Å². The highest BCUT2D eigenvalue weighted by molar-refractivity contribution is 7.11. The Balaban J connectivity index is 1.47. The number of anilines is 1. The van der Waals surface area contributed by atoms with Crippen LogP contribution in [-0.4, -0.2) is 65.6 Å². The number of hydrogen-bond acceptors (Lipinski definition) is 6. The molecule has 1 saturated heterocycles. The third-order valence-corrected chi connectivity index (χ3v) is 4.89. The van der Waals surface area contributed by atoms with Crippen LogP contribution >= 0.6 is 11.3 Å². The van der Waals surface area contributed by atoms with Crippen molar-refractivity contribution in [3.8, 4) is 0 Å². The van der Waals surface area contributed by atoms with E-state index in [0.29, 0.717) is 0 Å². The number of guanidine groups is 1. The quantitative estimate of drug-likeness (QED) is 0.663. The van der Waals surface area contributed by atoms with E-state index in [2.05, 4.69) is 42.0 Å². The third-order valence-electron chi connectivity index (χ3n) is 3.92. The summed E-state index contributed by atoms with van der Waals surface area (Å²) in [7, 11) is 1.84. The van der Waals surface area contributed by atoms with E-state index < -0.39 is 0 Å². The monoisotopic (exact) mass is 345 g/mol. The first kappa shape index (κ1) is 16.6. The van der Waals surface area contributed by atoms with Crippen LogP contribution in [-0.2, 0) is 6.42 Å². The molecule has 1 fully saturated rings. The highest BCUT2D eigenvalue weighted by Crippen LogP contribution is 2.12. The zero-order valence-electron chi connectivity index (χ0n) is 14.1. The lowest BCUT2D eigenvalue weighted by molar-refractivity contribution is 0.370. The molecule has 0 radical (unpaired) electrons. The zero-order valence-corrected chi connectivity index (χ0v) is 15.0. The molecule has 2 aromatic heterocycles. The fourth-order valence-electron chi connectivity index (χ4n) is 2.70. The predicted molar refractivity (Wildman–Crippen MR) is 97.7 cm³/mol. The summed E-state index contributed by atoms with van der Waals surface area (Å²) in [5.74, 6) is 1.76. The number of aliphatic imine (C=N–C) groups is 1. The average Bonchev–Trinajstić information content (AvgIpc) is 3.05. The molecule has 128 valence electrons. The first-order valence-corrected chi connectivity index (χ1v) is 8.97. The zero-order chi connectivity index (χ0) is 16.8. The summed E-state index contributed by atoms with van der Waals surface area (Å²) in [4.78, 5) is 23.2. The van der Waals surface area contributed by atoms with Gasteiger partial charge in [0.25, 0.3) is 0 Å². The lowest BCUT2D eigenvalue weighted by atomic mass is 10.3. The maximum Gasteiger partial charge on any atom is 0.225 e. The summed E-state index contributed by atoms with van der Waals surface area (Å²) >= 11 is 1.76. The van der Waals surface area contributed by atoms with Gasteiger partial charge in [-0.15, -0.1) is 11.3 Å². The van der Waals surface area contributed by atoms with Gasteiger partial charge in [0, 0.05) is 69.7 Å². The Bertz CT molecular complexity index is 662. The van der Waals surface area contributed by atoms with Gasteiger partial charge in [-0.25, -0.2) is 15.0 Å². The number of nitrogens with one attached hydrogen (secondary N) is 1. The topological polar surface area (TPSA) is 69.5 Å². The minimum absolute atomic E-state index is 0.805. The van der Waals surface area contributed by atoms with Crippen molar-refractivity contribution in [1.82, 2.24) is 25.2 Å². The number of rotatable bonds is 4. The molecule has 0 bridgehead atoms. The Hall–Kier alpha value is -2.22. The SMILES string of the molecule is CN=C(NCCc1ncc(C)s1)N1CCN(c2ncccn2)CC1. The molecule has 1 N–H and O–H groups in total. The summed E-state index contributed by atoms with van der Waals surface area (Å²) < 4.78 is 0. The van der Waals surface area contributed by atoms with E-state index in [1.165, 1.54) is 9.88 Å². The highest BCUT2D eigenvalue weighted by Gasteiger charge is 2.20. The molecule has 0 atom stereocenters. The molecule has 3 rings (SSSR count). The van der Waals surface area contributed by atoms with Crippen molar-refractivity contribution in [3.05, 3.63) is 34.5 Å². The average molecular weight is 345 g/mol. The summed E-state index contributed by atoms with van der Waals surface area (Å²) in [5, 5.41) is 4.61. The van der Waals surface area contributed by atoms with Crippen molar-refractivity contribution in [2.75, 3.05) is 44.7 Å². The second-order valence-electron chi connectivity index (χ2n) is 5.61. The smallest absolute Gasteiger partial charge is 0.225 e. The first-order valence-electron chi connectivity index (χ1n) is 8.15. The van der Waals surface area contributed by atoms with Crippen molar-refractivity contribution in [1.29, 1.82) is 0 Å². The molecule has 3 heterocycles. The fraction of sp³-hybridized carbons (Fsp3) is 0.500. The van der Waals surface area contributed by atoms with Crippen molar-refractivity contribution in [2.45, 2.75) is 13.3 Å². The van der Waals surface area contributed by atoms with Gasteiger partial charge in [0.05, 0.1) is 5.01 Å². The standard InChI is InChI=1S/C16H23N7S/c1-13-12-21-14(24-13)4-7-20-15(17-2)22-8-10-23(11-9-22)16-18-5-3-6-19-16/h3,5-6,12H,4,7-11H2,1-2H3,(H,17,20). The van der Waals surface area contributed by atoms with Gasteiger partial charge in [-0.2, -0.15) is 0 Å². The molecule has 24 heavy (non-hydrogen) atoms. The third kappa shape index (κ3) is 4.19. The maximum absolute atomic E-state index is 4.41. The molecule has 1 aliphatic heterocycles. The first-order chi connectivity index (χ1) is 11.8. The number of hydrogen-bond donors (Lipinski definition) is 1. The van der Waals surface area contributed by atoms with Gasteiger partial charge in [-0.05, 0) is 13.0 Å². The Labute approximate surface area is 146 Å². The van der Waals surface area contributed by atoms with Gasteiger partial charge < -0.3 is 15.1 Å². The molecule has 0 aromatic carbocycles. The van der Waals surface area contributed by atoms with Crippen molar-refractivity contribution in [3.63, 3.8) is 0 Å². The van der Waals surface area contributed by atoms with Gasteiger partial charge in [0.1, 0.15) is 0 Å². The molecular weight excluding hydrogens is 322 g/mol. The minimum atomic E-state index is 0.805. The minimum Gasteiger partial charge on any atom is -0.356 e. The molecule has 2 aromatic rings. The van der Waals surface area contributed by atoms with Crippen LogP contribution in [0.4, 0.5) is 5.95 Å². The molecule has 0 unspecified atom stereocenters. The van der Waals surface area contributed by atoms with E-state index in [1.807, 2.05) is 19.3 Å². The predicted octanol–water partition coefficient (Wildman–Crippen LogP) is 1.18. The van der Waals surface area contributed by atoms with Crippen LogP contribution in [0.1, 0.15) is 9.88 Å². The second-order valence-corrected chi connectivity index (χ2v) is 6.93. The Morgan fingerprint density at radius 2 is 1.96 bits per heavy atom. The molecular formula is C16H23N7S. The lowest BCUT2D eigenvalue weighted by Crippen LogP contribution is -2.53. The molecule has 0 aliphatic carbocycles. The van der Waals surface area contributed by atoms with Crippen LogP contribution in [0.3, 0.4) is 0 Å². The molecule has 0 amide bonds. The number of aromatic nitrogens is 3. The van der Waals surface area contributed by atoms with Crippen LogP contribution < -0.4 is 10.2 Å².